The van der Waals surface area contributed by atoms with Crippen LogP contribution in [-0.4, -0.2) is 7.05 Å². The number of hydrogen-bond donors (Lipinski definition) is 1. The van der Waals surface area contributed by atoms with Crippen LogP contribution in [0.1, 0.15) is 14.9 Å². The van der Waals surface area contributed by atoms with Crippen molar-refractivity contribution in [2.24, 2.45) is 0 Å². The lowest BCUT2D eigenvalue weighted by Crippen LogP contribution is -2.08. The van der Waals surface area contributed by atoms with Gasteiger partial charge in [-0.1, -0.05) is 78.6 Å². The minimum absolute atomic E-state index is 0. The zero-order valence-electron chi connectivity index (χ0n) is 16.7. The van der Waals surface area contributed by atoms with Crippen molar-refractivity contribution in [1.29, 1.82) is 0 Å². The molecule has 0 aromatic heterocycles. The van der Waals surface area contributed by atoms with E-state index in [-0.39, 0.29) is 14.9 Å². The van der Waals surface area contributed by atoms with Gasteiger partial charge >= 0.3 is 0 Å². The first-order valence-electron chi connectivity index (χ1n) is 9.44. The Bertz CT molecular complexity index is 990. The van der Waals surface area contributed by atoms with Crippen LogP contribution >= 0.6 is 63.7 Å². The molecule has 0 spiro atoms. The molecule has 6 heteroatoms. The quantitative estimate of drug-likeness (QED) is 0.228. The Balaban J connectivity index is 0.000000312. The van der Waals surface area contributed by atoms with E-state index in [0.717, 1.165) is 29.3 Å². The molecule has 4 rings (SSSR count). The molecule has 2 nitrogen and oxygen atoms in total. The van der Waals surface area contributed by atoms with Crippen molar-refractivity contribution in [1.82, 2.24) is 0 Å². The third-order valence-corrected chi connectivity index (χ3v) is 6.52. The molecule has 0 saturated heterocycles. The number of nitrogens with one attached hydrogen (secondary N) is 1. The molecule has 0 heterocycles. The van der Waals surface area contributed by atoms with Gasteiger partial charge in [0.25, 0.3) is 0 Å². The smallest absolute Gasteiger partial charge is 0.0408 e. The van der Waals surface area contributed by atoms with Gasteiger partial charge in [0.15, 0.2) is 0 Å². The summed E-state index contributed by atoms with van der Waals surface area (Å²) >= 11 is 13.7. The molecule has 4 aromatic carbocycles. The van der Waals surface area contributed by atoms with Gasteiger partial charge < -0.3 is 10.2 Å². The molecular formula is C27H28Br4N2. The Labute approximate surface area is 231 Å². The van der Waals surface area contributed by atoms with Crippen LogP contribution in [0.15, 0.2) is 115 Å². The highest BCUT2D eigenvalue weighted by molar-refractivity contribution is 9.11. The van der Waals surface area contributed by atoms with E-state index in [4.69, 9.17) is 0 Å². The molecule has 0 aliphatic heterocycles. The highest BCUT2D eigenvalue weighted by Crippen LogP contribution is 2.26. The molecule has 174 valence electrons. The molecule has 4 aromatic rings. The largest absolute Gasteiger partial charge is 0.356 e. The standard InChI is InChI=1S/C13H11Br2N.C12H9Br2N.2CH4/c1-16(12-6-2-10(14)3-7-12)13-8-4-11(15)5-9-13;13-9-1-5-11(6-2-9)15-12-7-3-10(14)4-8-12;;/h2-9H,1H3;1-8,15H;2*1H4. The lowest BCUT2D eigenvalue weighted by atomic mass is 10.2. The van der Waals surface area contributed by atoms with Crippen LogP contribution in [0.25, 0.3) is 0 Å². The van der Waals surface area contributed by atoms with E-state index in [2.05, 4.69) is 105 Å². The predicted molar refractivity (Wildman–Crippen MR) is 161 cm³/mol. The zero-order chi connectivity index (χ0) is 22.2. The van der Waals surface area contributed by atoms with Crippen LogP contribution < -0.4 is 10.2 Å². The van der Waals surface area contributed by atoms with Crippen molar-refractivity contribution in [3.05, 3.63) is 115 Å². The van der Waals surface area contributed by atoms with Gasteiger partial charge in [-0.15, -0.1) is 0 Å². The molecule has 0 bridgehead atoms. The van der Waals surface area contributed by atoms with E-state index >= 15 is 0 Å². The van der Waals surface area contributed by atoms with Gasteiger partial charge in [-0.25, -0.2) is 0 Å². The summed E-state index contributed by atoms with van der Waals surface area (Å²) < 4.78 is 4.37. The minimum Gasteiger partial charge on any atom is -0.356 e. The van der Waals surface area contributed by atoms with Gasteiger partial charge in [0, 0.05) is 47.7 Å². The number of anilines is 4. The summed E-state index contributed by atoms with van der Waals surface area (Å²) in [7, 11) is 2.06. The number of nitrogens with zero attached hydrogens (tertiary/aromatic N) is 1. The van der Waals surface area contributed by atoms with Crippen LogP contribution in [0.2, 0.25) is 0 Å². The fraction of sp³-hybridized carbons (Fsp3) is 0.111. The Hall–Kier alpha value is -1.60. The fourth-order valence-corrected chi connectivity index (χ4v) is 3.77. The van der Waals surface area contributed by atoms with Gasteiger partial charge in [-0.05, 0) is 97.1 Å². The maximum Gasteiger partial charge on any atom is 0.0408 e. The molecule has 0 aliphatic rings. The Morgan fingerprint density at radius 1 is 0.455 bits per heavy atom. The van der Waals surface area contributed by atoms with Gasteiger partial charge in [-0.3, -0.25) is 0 Å². The number of rotatable bonds is 4. The summed E-state index contributed by atoms with van der Waals surface area (Å²) in [4.78, 5) is 2.15. The Morgan fingerprint density at radius 2 is 0.697 bits per heavy atom. The number of halogens is 4. The van der Waals surface area contributed by atoms with E-state index in [9.17, 15) is 0 Å². The van der Waals surface area contributed by atoms with Gasteiger partial charge in [0.2, 0.25) is 0 Å². The SMILES string of the molecule is Brc1ccc(Nc2ccc(Br)cc2)cc1.C.C.CN(c1ccc(Br)cc1)c1ccc(Br)cc1. The average molecular weight is 700 g/mol. The summed E-state index contributed by atoms with van der Waals surface area (Å²) in [6, 6.07) is 32.7. The van der Waals surface area contributed by atoms with Crippen LogP contribution in [0.4, 0.5) is 22.7 Å². The molecule has 0 amide bonds. The summed E-state index contributed by atoms with van der Waals surface area (Å²) in [5.74, 6) is 0. The van der Waals surface area contributed by atoms with E-state index in [0.29, 0.717) is 0 Å². The third-order valence-electron chi connectivity index (χ3n) is 4.40. The first-order valence-corrected chi connectivity index (χ1v) is 12.6. The van der Waals surface area contributed by atoms with E-state index < -0.39 is 0 Å². The molecule has 33 heavy (non-hydrogen) atoms. The van der Waals surface area contributed by atoms with Crippen molar-refractivity contribution in [2.45, 2.75) is 14.9 Å². The summed E-state index contributed by atoms with van der Waals surface area (Å²) in [5.41, 5.74) is 4.51. The maximum atomic E-state index is 3.44. The third kappa shape index (κ3) is 9.65. The summed E-state index contributed by atoms with van der Waals surface area (Å²) in [6.07, 6.45) is 0. The van der Waals surface area contributed by atoms with Crippen molar-refractivity contribution < 1.29 is 0 Å². The van der Waals surface area contributed by atoms with Crippen molar-refractivity contribution in [3.63, 3.8) is 0 Å². The van der Waals surface area contributed by atoms with Crippen molar-refractivity contribution >= 4 is 86.5 Å². The fourth-order valence-electron chi connectivity index (χ4n) is 2.71. The minimum atomic E-state index is 0. The normalized spacial score (nSPS) is 9.48. The first kappa shape index (κ1) is 29.4. The predicted octanol–water partition coefficient (Wildman–Crippen LogP) is 11.2. The van der Waals surface area contributed by atoms with Gasteiger partial charge in [0.1, 0.15) is 0 Å². The lowest BCUT2D eigenvalue weighted by molar-refractivity contribution is 1.21. The summed E-state index contributed by atoms with van der Waals surface area (Å²) in [5, 5.41) is 3.32. The van der Waals surface area contributed by atoms with Crippen molar-refractivity contribution in [3.8, 4) is 0 Å². The molecule has 0 radical (unpaired) electrons. The maximum absolute atomic E-state index is 3.44. The monoisotopic (exact) mass is 696 g/mol. The van der Waals surface area contributed by atoms with Crippen molar-refractivity contribution in [2.75, 3.05) is 17.3 Å². The Morgan fingerprint density at radius 3 is 0.970 bits per heavy atom. The topological polar surface area (TPSA) is 15.3 Å². The second-order valence-corrected chi connectivity index (χ2v) is 10.3. The molecule has 0 fully saturated rings. The molecule has 0 atom stereocenters. The van der Waals surface area contributed by atoms with Crippen LogP contribution in [0, 0.1) is 0 Å². The second-order valence-electron chi connectivity index (χ2n) is 6.65. The molecular weight excluding hydrogens is 672 g/mol. The van der Waals surface area contributed by atoms with E-state index in [1.165, 1.54) is 11.4 Å². The second kappa shape index (κ2) is 14.6. The molecule has 0 aliphatic carbocycles. The zero-order valence-corrected chi connectivity index (χ0v) is 23.0. The number of benzene rings is 4. The van der Waals surface area contributed by atoms with E-state index in [1.54, 1.807) is 0 Å². The van der Waals surface area contributed by atoms with Crippen LogP contribution in [-0.2, 0) is 0 Å². The summed E-state index contributed by atoms with van der Waals surface area (Å²) in [6.45, 7) is 0. The van der Waals surface area contributed by atoms with Gasteiger partial charge in [-0.2, -0.15) is 0 Å². The van der Waals surface area contributed by atoms with E-state index in [1.807, 2.05) is 72.8 Å². The number of hydrogen-bond acceptors (Lipinski definition) is 2. The highest BCUT2D eigenvalue weighted by atomic mass is 79.9. The Kier molecular flexibility index (Phi) is 13.0. The lowest BCUT2D eigenvalue weighted by Gasteiger charge is -2.19. The molecule has 1 N–H and O–H groups in total. The van der Waals surface area contributed by atoms with Gasteiger partial charge in [0.05, 0.1) is 0 Å². The first-order chi connectivity index (χ1) is 14.9. The average Bonchev–Trinajstić information content (AvgIpc) is 2.78. The van der Waals surface area contributed by atoms with Crippen LogP contribution in [0.5, 0.6) is 0 Å². The molecule has 0 saturated carbocycles. The van der Waals surface area contributed by atoms with Crippen LogP contribution in [0.3, 0.4) is 0 Å². The molecule has 0 unspecified atom stereocenters. The highest BCUT2D eigenvalue weighted by Gasteiger charge is 2.03.